The number of aryl methyl sites for hydroxylation is 1. The Bertz CT molecular complexity index is 991. The first kappa shape index (κ1) is 21.4. The number of nitrogens with zero attached hydrogens (tertiary/aromatic N) is 2. The number of likely N-dealkylation sites (tertiary alicyclic amines) is 1. The molecule has 0 spiro atoms. The summed E-state index contributed by atoms with van der Waals surface area (Å²) in [6.07, 6.45) is 5.50. The van der Waals surface area contributed by atoms with Gasteiger partial charge < -0.3 is 20.5 Å². The second kappa shape index (κ2) is 10.5. The van der Waals surface area contributed by atoms with Crippen molar-refractivity contribution in [2.75, 3.05) is 39.8 Å². The first-order valence-electron chi connectivity index (χ1n) is 11.5. The molecule has 1 aromatic heterocycles. The number of hydrogen-bond acceptors (Lipinski definition) is 2. The van der Waals surface area contributed by atoms with Gasteiger partial charge in [-0.2, -0.15) is 0 Å². The minimum absolute atomic E-state index is 0.686. The van der Waals surface area contributed by atoms with Crippen LogP contribution in [0.5, 0.6) is 0 Å². The molecular weight excluding hydrogens is 382 g/mol. The van der Waals surface area contributed by atoms with E-state index in [2.05, 4.69) is 87.2 Å². The summed E-state index contributed by atoms with van der Waals surface area (Å²) in [5.74, 6) is 1.59. The van der Waals surface area contributed by atoms with E-state index in [-0.39, 0.29) is 0 Å². The molecular formula is C26H35N5. The first-order valence-corrected chi connectivity index (χ1v) is 11.5. The summed E-state index contributed by atoms with van der Waals surface area (Å²) in [5.41, 5.74) is 5.28. The molecule has 1 atom stereocenters. The number of nitrogens with one attached hydrogen (secondary N) is 3. The van der Waals surface area contributed by atoms with Gasteiger partial charge in [0.25, 0.3) is 0 Å². The van der Waals surface area contributed by atoms with E-state index in [1.165, 1.54) is 47.1 Å². The van der Waals surface area contributed by atoms with Gasteiger partial charge in [0.05, 0.1) is 0 Å². The first-order chi connectivity index (χ1) is 15.2. The van der Waals surface area contributed by atoms with Gasteiger partial charge in [0.15, 0.2) is 5.96 Å². The molecule has 0 bridgehead atoms. The van der Waals surface area contributed by atoms with Crippen LogP contribution >= 0.6 is 0 Å². The number of benzene rings is 2. The van der Waals surface area contributed by atoms with Crippen molar-refractivity contribution in [3.63, 3.8) is 0 Å². The van der Waals surface area contributed by atoms with Gasteiger partial charge in [-0.05, 0) is 61.4 Å². The maximum Gasteiger partial charge on any atom is 0.190 e. The van der Waals surface area contributed by atoms with Gasteiger partial charge >= 0.3 is 0 Å². The van der Waals surface area contributed by atoms with Crippen molar-refractivity contribution in [2.24, 2.45) is 10.9 Å². The lowest BCUT2D eigenvalue weighted by Crippen LogP contribution is -2.41. The predicted molar refractivity (Wildman–Crippen MR) is 131 cm³/mol. The van der Waals surface area contributed by atoms with Gasteiger partial charge in [0.2, 0.25) is 0 Å². The average molecular weight is 418 g/mol. The molecule has 5 heteroatoms. The Hall–Kier alpha value is -2.79. The fraction of sp³-hybridized carbons (Fsp3) is 0.423. The third-order valence-corrected chi connectivity index (χ3v) is 6.32. The lowest BCUT2D eigenvalue weighted by molar-refractivity contribution is 0.328. The van der Waals surface area contributed by atoms with Crippen molar-refractivity contribution in [2.45, 2.75) is 26.2 Å². The molecule has 2 heterocycles. The number of aliphatic imine (C=N–C) groups is 1. The molecule has 3 aromatic rings. The molecule has 1 aliphatic rings. The summed E-state index contributed by atoms with van der Waals surface area (Å²) in [7, 11) is 1.85. The molecule has 1 unspecified atom stereocenters. The maximum absolute atomic E-state index is 4.41. The van der Waals surface area contributed by atoms with Gasteiger partial charge in [-0.25, -0.2) is 0 Å². The van der Waals surface area contributed by atoms with Gasteiger partial charge in [0, 0.05) is 50.3 Å². The molecule has 3 N–H and O–H groups in total. The van der Waals surface area contributed by atoms with Crippen LogP contribution in [-0.4, -0.2) is 55.6 Å². The summed E-state index contributed by atoms with van der Waals surface area (Å²) in [4.78, 5) is 10.4. The van der Waals surface area contributed by atoms with E-state index in [4.69, 9.17) is 0 Å². The van der Waals surface area contributed by atoms with E-state index in [9.17, 15) is 0 Å². The third-order valence-electron chi connectivity index (χ3n) is 6.32. The summed E-state index contributed by atoms with van der Waals surface area (Å²) in [6.45, 7) is 7.50. The highest BCUT2D eigenvalue weighted by Crippen LogP contribution is 2.19. The molecule has 0 saturated carbocycles. The third kappa shape index (κ3) is 5.88. The molecule has 0 amide bonds. The van der Waals surface area contributed by atoms with Crippen molar-refractivity contribution >= 4 is 16.9 Å². The van der Waals surface area contributed by atoms with Gasteiger partial charge in [-0.1, -0.05) is 42.5 Å². The SMILES string of the molecule is CN=C(NCCc1c[nH]c2cc(C)ccc12)NCC1CCN(CCc2ccccc2)C1. The second-order valence-corrected chi connectivity index (χ2v) is 8.68. The van der Waals surface area contributed by atoms with Crippen molar-refractivity contribution in [3.05, 3.63) is 71.4 Å². The molecule has 4 rings (SSSR count). The summed E-state index contributed by atoms with van der Waals surface area (Å²) in [5, 5.41) is 8.33. The molecule has 1 fully saturated rings. The highest BCUT2D eigenvalue weighted by atomic mass is 15.2. The Morgan fingerprint density at radius 2 is 2.00 bits per heavy atom. The smallest absolute Gasteiger partial charge is 0.190 e. The van der Waals surface area contributed by atoms with Crippen LogP contribution in [-0.2, 0) is 12.8 Å². The topological polar surface area (TPSA) is 55.5 Å². The zero-order chi connectivity index (χ0) is 21.5. The Labute approximate surface area is 186 Å². The molecule has 1 aliphatic heterocycles. The lowest BCUT2D eigenvalue weighted by atomic mass is 10.1. The van der Waals surface area contributed by atoms with E-state index in [0.717, 1.165) is 38.4 Å². The quantitative estimate of drug-likeness (QED) is 0.386. The fourth-order valence-electron chi connectivity index (χ4n) is 4.50. The number of guanidine groups is 1. The molecule has 2 aromatic carbocycles. The van der Waals surface area contributed by atoms with Crippen LogP contribution in [0.25, 0.3) is 10.9 Å². The van der Waals surface area contributed by atoms with Crippen LogP contribution in [0.2, 0.25) is 0 Å². The summed E-state index contributed by atoms with van der Waals surface area (Å²) >= 11 is 0. The fourth-order valence-corrected chi connectivity index (χ4v) is 4.50. The number of rotatable bonds is 8. The largest absolute Gasteiger partial charge is 0.361 e. The Morgan fingerprint density at radius 3 is 2.84 bits per heavy atom. The minimum Gasteiger partial charge on any atom is -0.361 e. The second-order valence-electron chi connectivity index (χ2n) is 8.68. The molecule has 164 valence electrons. The molecule has 1 saturated heterocycles. The van der Waals surface area contributed by atoms with Crippen LogP contribution < -0.4 is 10.6 Å². The Morgan fingerprint density at radius 1 is 1.13 bits per heavy atom. The van der Waals surface area contributed by atoms with E-state index in [1.807, 2.05) is 7.05 Å². The lowest BCUT2D eigenvalue weighted by Gasteiger charge is -2.17. The van der Waals surface area contributed by atoms with Crippen LogP contribution in [0.4, 0.5) is 0 Å². The van der Waals surface area contributed by atoms with E-state index in [0.29, 0.717) is 5.92 Å². The van der Waals surface area contributed by atoms with E-state index >= 15 is 0 Å². The zero-order valence-electron chi connectivity index (χ0n) is 18.8. The molecule has 0 radical (unpaired) electrons. The number of fused-ring (bicyclic) bond motifs is 1. The highest BCUT2D eigenvalue weighted by Gasteiger charge is 2.22. The van der Waals surface area contributed by atoms with Crippen LogP contribution in [0, 0.1) is 12.8 Å². The number of H-pyrrole nitrogens is 1. The average Bonchev–Trinajstić information content (AvgIpc) is 3.42. The normalized spacial score (nSPS) is 17.4. The van der Waals surface area contributed by atoms with Gasteiger partial charge in [-0.3, -0.25) is 4.99 Å². The monoisotopic (exact) mass is 417 g/mol. The number of aromatic nitrogens is 1. The molecule has 0 aliphatic carbocycles. The standard InChI is InChI=1S/C26H35N5/c1-20-8-9-24-23(18-29-25(24)16-20)10-13-28-26(27-2)30-17-22-12-15-31(19-22)14-11-21-6-4-3-5-7-21/h3-9,16,18,22,29H,10-15,17,19H2,1-2H3,(H2,27,28,30). The Kier molecular flexibility index (Phi) is 7.26. The van der Waals surface area contributed by atoms with Crippen molar-refractivity contribution < 1.29 is 0 Å². The molecule has 5 nitrogen and oxygen atoms in total. The van der Waals surface area contributed by atoms with E-state index in [1.54, 1.807) is 0 Å². The zero-order valence-corrected chi connectivity index (χ0v) is 18.8. The van der Waals surface area contributed by atoms with Crippen LogP contribution in [0.15, 0.2) is 59.7 Å². The number of aromatic amines is 1. The van der Waals surface area contributed by atoms with Crippen molar-refractivity contribution in [1.82, 2.24) is 20.5 Å². The highest BCUT2D eigenvalue weighted by molar-refractivity contribution is 5.84. The van der Waals surface area contributed by atoms with Crippen molar-refractivity contribution in [3.8, 4) is 0 Å². The minimum atomic E-state index is 0.686. The van der Waals surface area contributed by atoms with Crippen LogP contribution in [0.3, 0.4) is 0 Å². The summed E-state index contributed by atoms with van der Waals surface area (Å²) < 4.78 is 0. The van der Waals surface area contributed by atoms with Crippen molar-refractivity contribution in [1.29, 1.82) is 0 Å². The number of hydrogen-bond donors (Lipinski definition) is 3. The van der Waals surface area contributed by atoms with Gasteiger partial charge in [0.1, 0.15) is 0 Å². The van der Waals surface area contributed by atoms with Gasteiger partial charge in [-0.15, -0.1) is 0 Å². The Balaban J connectivity index is 1.17. The maximum atomic E-state index is 4.41. The predicted octanol–water partition coefficient (Wildman–Crippen LogP) is 3.75. The van der Waals surface area contributed by atoms with E-state index < -0.39 is 0 Å². The van der Waals surface area contributed by atoms with Crippen LogP contribution in [0.1, 0.15) is 23.1 Å². The summed E-state index contributed by atoms with van der Waals surface area (Å²) in [6, 6.07) is 17.4. The molecule has 31 heavy (non-hydrogen) atoms.